The van der Waals surface area contributed by atoms with E-state index in [1.54, 1.807) is 12.1 Å². The van der Waals surface area contributed by atoms with Crippen molar-refractivity contribution in [3.8, 4) is 0 Å². The van der Waals surface area contributed by atoms with E-state index in [0.29, 0.717) is 11.4 Å². The largest absolute Gasteiger partial charge is 0.391 e. The number of benzene rings is 1. The van der Waals surface area contributed by atoms with Crippen molar-refractivity contribution in [3.05, 3.63) is 29.3 Å². The summed E-state index contributed by atoms with van der Waals surface area (Å²) in [7, 11) is -3.71. The summed E-state index contributed by atoms with van der Waals surface area (Å²) in [6, 6.07) is 5.61. The van der Waals surface area contributed by atoms with E-state index in [0.717, 1.165) is 6.42 Å². The molecular weight excluding hydrogens is 322 g/mol. The summed E-state index contributed by atoms with van der Waals surface area (Å²) in [5, 5.41) is 10.8. The van der Waals surface area contributed by atoms with Gasteiger partial charge in [0.1, 0.15) is 0 Å². The lowest BCUT2D eigenvalue weighted by Crippen LogP contribution is -2.47. The first kappa shape index (κ1) is 19.4. The minimum Gasteiger partial charge on any atom is -0.391 e. The molecule has 3 atom stereocenters. The third-order valence-corrected chi connectivity index (χ3v) is 5.47. The van der Waals surface area contributed by atoms with Crippen LogP contribution in [-0.2, 0) is 10.0 Å². The fraction of sp³-hybridized carbons (Fsp3) is 0.625. The molecule has 0 aliphatic carbocycles. The van der Waals surface area contributed by atoms with Gasteiger partial charge in [0.2, 0.25) is 10.0 Å². The van der Waals surface area contributed by atoms with Gasteiger partial charge in [-0.05, 0) is 36.5 Å². The molecule has 1 aromatic carbocycles. The lowest BCUT2D eigenvalue weighted by atomic mass is 9.91. The van der Waals surface area contributed by atoms with Crippen LogP contribution in [-0.4, -0.2) is 25.7 Å². The van der Waals surface area contributed by atoms with Gasteiger partial charge in [0.25, 0.3) is 0 Å². The Morgan fingerprint density at radius 3 is 2.41 bits per heavy atom. The molecule has 0 saturated heterocycles. The van der Waals surface area contributed by atoms with Crippen molar-refractivity contribution in [1.29, 1.82) is 0 Å². The van der Waals surface area contributed by atoms with Gasteiger partial charge < -0.3 is 5.11 Å². The van der Waals surface area contributed by atoms with Gasteiger partial charge in [-0.2, -0.15) is 0 Å². The van der Waals surface area contributed by atoms with Crippen LogP contribution < -0.4 is 4.72 Å². The fourth-order valence-electron chi connectivity index (χ4n) is 2.34. The maximum absolute atomic E-state index is 12.5. The summed E-state index contributed by atoms with van der Waals surface area (Å²) in [6.07, 6.45) is 0.606. The Hall–Kier alpha value is -0.620. The first-order valence-electron chi connectivity index (χ1n) is 7.63. The highest BCUT2D eigenvalue weighted by Crippen LogP contribution is 2.21. The van der Waals surface area contributed by atoms with Gasteiger partial charge in [0, 0.05) is 5.02 Å². The summed E-state index contributed by atoms with van der Waals surface area (Å²) in [5.41, 5.74) is 0. The van der Waals surface area contributed by atoms with Crippen molar-refractivity contribution in [2.75, 3.05) is 0 Å². The third kappa shape index (κ3) is 5.54. The van der Waals surface area contributed by atoms with Crippen molar-refractivity contribution >= 4 is 21.6 Å². The predicted molar refractivity (Wildman–Crippen MR) is 90.5 cm³/mol. The Morgan fingerprint density at radius 2 is 1.91 bits per heavy atom. The maximum atomic E-state index is 12.5. The lowest BCUT2D eigenvalue weighted by Gasteiger charge is -2.29. The van der Waals surface area contributed by atoms with Gasteiger partial charge in [0.15, 0.2) is 0 Å². The van der Waals surface area contributed by atoms with Crippen molar-refractivity contribution in [1.82, 2.24) is 4.72 Å². The van der Waals surface area contributed by atoms with E-state index >= 15 is 0 Å². The van der Waals surface area contributed by atoms with Crippen LogP contribution in [0.2, 0.25) is 5.02 Å². The Kier molecular flexibility index (Phi) is 7.32. The van der Waals surface area contributed by atoms with Gasteiger partial charge in [-0.3, -0.25) is 0 Å². The number of hydrogen-bond acceptors (Lipinski definition) is 3. The molecule has 22 heavy (non-hydrogen) atoms. The molecule has 0 spiro atoms. The summed E-state index contributed by atoms with van der Waals surface area (Å²) in [5.74, 6) is 0.319. The zero-order valence-electron chi connectivity index (χ0n) is 13.6. The SMILES string of the molecule is CC[C@H](C)[C@H](NS(=O)(=O)c1cccc(Cl)c1)C(O)CC(C)C. The highest BCUT2D eigenvalue weighted by atomic mass is 35.5. The minimum atomic E-state index is -3.71. The van der Waals surface area contributed by atoms with E-state index in [1.807, 2.05) is 27.7 Å². The van der Waals surface area contributed by atoms with Gasteiger partial charge in [-0.1, -0.05) is 51.8 Å². The van der Waals surface area contributed by atoms with Crippen LogP contribution in [0.3, 0.4) is 0 Å². The molecule has 0 aliphatic rings. The van der Waals surface area contributed by atoms with Gasteiger partial charge in [-0.25, -0.2) is 13.1 Å². The van der Waals surface area contributed by atoms with E-state index < -0.39 is 22.2 Å². The third-order valence-electron chi connectivity index (χ3n) is 3.78. The molecule has 0 heterocycles. The molecule has 1 rings (SSSR count). The number of rotatable bonds is 8. The number of nitrogens with one attached hydrogen (secondary N) is 1. The molecule has 126 valence electrons. The van der Waals surface area contributed by atoms with E-state index in [-0.39, 0.29) is 16.7 Å². The summed E-state index contributed by atoms with van der Waals surface area (Å²) >= 11 is 5.87. The molecule has 0 radical (unpaired) electrons. The van der Waals surface area contributed by atoms with E-state index in [1.165, 1.54) is 12.1 Å². The van der Waals surface area contributed by atoms with Crippen molar-refractivity contribution in [2.24, 2.45) is 11.8 Å². The van der Waals surface area contributed by atoms with Crippen LogP contribution in [0, 0.1) is 11.8 Å². The molecule has 2 N–H and O–H groups in total. The molecule has 0 saturated carbocycles. The van der Waals surface area contributed by atoms with Gasteiger partial charge >= 0.3 is 0 Å². The Labute approximate surface area is 138 Å². The highest BCUT2D eigenvalue weighted by Gasteiger charge is 2.30. The monoisotopic (exact) mass is 347 g/mol. The molecule has 0 bridgehead atoms. The molecule has 0 aliphatic heterocycles. The number of aliphatic hydroxyl groups is 1. The summed E-state index contributed by atoms with van der Waals surface area (Å²) in [4.78, 5) is 0.116. The molecule has 4 nitrogen and oxygen atoms in total. The number of halogens is 1. The van der Waals surface area contributed by atoms with Crippen LogP contribution in [0.5, 0.6) is 0 Å². The zero-order valence-corrected chi connectivity index (χ0v) is 15.2. The topological polar surface area (TPSA) is 66.4 Å². The minimum absolute atomic E-state index is 0.0303. The molecule has 0 aromatic heterocycles. The summed E-state index contributed by atoms with van der Waals surface area (Å²) in [6.45, 7) is 7.92. The quantitative estimate of drug-likeness (QED) is 0.757. The molecule has 0 fully saturated rings. The van der Waals surface area contributed by atoms with Crippen molar-refractivity contribution in [3.63, 3.8) is 0 Å². The Balaban J connectivity index is 3.02. The van der Waals surface area contributed by atoms with Crippen LogP contribution >= 0.6 is 11.6 Å². The average Bonchev–Trinajstić information content (AvgIpc) is 2.43. The molecule has 6 heteroatoms. The average molecular weight is 348 g/mol. The van der Waals surface area contributed by atoms with Crippen LogP contribution in [0.4, 0.5) is 0 Å². The molecule has 1 unspecified atom stereocenters. The summed E-state index contributed by atoms with van der Waals surface area (Å²) < 4.78 is 27.7. The Bertz CT molecular complexity index is 575. The van der Waals surface area contributed by atoms with Gasteiger partial charge in [0.05, 0.1) is 17.0 Å². The number of hydrogen-bond donors (Lipinski definition) is 2. The highest BCUT2D eigenvalue weighted by molar-refractivity contribution is 7.89. The first-order valence-corrected chi connectivity index (χ1v) is 9.49. The normalized spacial score (nSPS) is 16.5. The molecule has 1 aromatic rings. The van der Waals surface area contributed by atoms with Crippen LogP contribution in [0.15, 0.2) is 29.2 Å². The second kappa shape index (κ2) is 8.29. The number of sulfonamides is 1. The first-order chi connectivity index (χ1) is 10.2. The second-order valence-electron chi connectivity index (χ2n) is 6.19. The van der Waals surface area contributed by atoms with Crippen LogP contribution in [0.1, 0.15) is 40.5 Å². The Morgan fingerprint density at radius 1 is 1.27 bits per heavy atom. The van der Waals surface area contributed by atoms with Crippen molar-refractivity contribution < 1.29 is 13.5 Å². The van der Waals surface area contributed by atoms with E-state index in [4.69, 9.17) is 11.6 Å². The second-order valence-corrected chi connectivity index (χ2v) is 8.34. The van der Waals surface area contributed by atoms with Crippen molar-refractivity contribution in [2.45, 2.75) is 57.6 Å². The standard InChI is InChI=1S/C16H26ClNO3S/c1-5-12(4)16(15(19)9-11(2)3)18-22(20,21)14-8-6-7-13(17)10-14/h6-8,10-12,15-16,18-19H,5,9H2,1-4H3/t12-,15?,16-/m0/s1. The van der Waals surface area contributed by atoms with Gasteiger partial charge in [-0.15, -0.1) is 0 Å². The lowest BCUT2D eigenvalue weighted by molar-refractivity contribution is 0.0910. The maximum Gasteiger partial charge on any atom is 0.240 e. The fourth-order valence-corrected chi connectivity index (χ4v) is 4.02. The van der Waals surface area contributed by atoms with E-state index in [9.17, 15) is 13.5 Å². The smallest absolute Gasteiger partial charge is 0.240 e. The molecule has 0 amide bonds. The zero-order chi connectivity index (χ0) is 16.9. The van der Waals surface area contributed by atoms with E-state index in [2.05, 4.69) is 4.72 Å². The molecular formula is C16H26ClNO3S. The van der Waals surface area contributed by atoms with Crippen LogP contribution in [0.25, 0.3) is 0 Å². The number of aliphatic hydroxyl groups excluding tert-OH is 1. The predicted octanol–water partition coefficient (Wildman–Crippen LogP) is 3.44.